The van der Waals surface area contributed by atoms with Crippen LogP contribution in [-0.4, -0.2) is 26.0 Å². The summed E-state index contributed by atoms with van der Waals surface area (Å²) in [5.74, 6) is -0.263. The Morgan fingerprint density at radius 2 is 1.83 bits per heavy atom. The van der Waals surface area contributed by atoms with Gasteiger partial charge >= 0.3 is 0 Å². The van der Waals surface area contributed by atoms with Crippen LogP contribution < -0.4 is 20.5 Å². The Bertz CT molecular complexity index is 762. The Kier molecular flexibility index (Phi) is 5.08. The molecule has 0 aromatic heterocycles. The van der Waals surface area contributed by atoms with Crippen LogP contribution in [0.3, 0.4) is 0 Å². The zero-order valence-corrected chi connectivity index (χ0v) is 13.3. The zero-order chi connectivity index (χ0) is 17.0. The number of methoxy groups -OCH3 is 2. The first-order valence-corrected chi connectivity index (χ1v) is 6.97. The second-order valence-electron chi connectivity index (χ2n) is 4.55. The van der Waals surface area contributed by atoms with Crippen LogP contribution in [0.2, 0.25) is 5.02 Å². The lowest BCUT2D eigenvalue weighted by atomic mass is 10.1. The minimum Gasteiger partial charge on any atom is -0.493 e. The van der Waals surface area contributed by atoms with Crippen LogP contribution in [-0.2, 0) is 0 Å². The van der Waals surface area contributed by atoms with Gasteiger partial charge in [0, 0.05) is 5.69 Å². The minimum atomic E-state index is -0.637. The van der Waals surface area contributed by atoms with Crippen molar-refractivity contribution in [1.29, 1.82) is 0 Å². The molecule has 120 valence electrons. The van der Waals surface area contributed by atoms with Gasteiger partial charge in [-0.05, 0) is 30.3 Å². The third kappa shape index (κ3) is 3.54. The van der Waals surface area contributed by atoms with Crippen LogP contribution in [0.1, 0.15) is 20.7 Å². The molecule has 0 aliphatic heterocycles. The largest absolute Gasteiger partial charge is 0.493 e. The molecule has 0 aliphatic carbocycles. The first-order chi connectivity index (χ1) is 11.0. The topological polar surface area (TPSA) is 90.6 Å². The third-order valence-electron chi connectivity index (χ3n) is 3.14. The van der Waals surface area contributed by atoms with Gasteiger partial charge in [0.2, 0.25) is 5.91 Å². The Hall–Kier alpha value is -2.73. The standard InChI is InChI=1S/C16H15ClN2O4/c1-22-13-5-3-4-11(14(13)23-2)16(21)19-9-6-7-10(15(18)20)12(17)8-9/h3-8H,1-2H3,(H2,18,20)(H,19,21). The number of anilines is 1. The molecule has 3 N–H and O–H groups in total. The van der Waals surface area contributed by atoms with Gasteiger partial charge in [0.25, 0.3) is 5.91 Å². The van der Waals surface area contributed by atoms with E-state index in [0.717, 1.165) is 0 Å². The number of amides is 2. The Balaban J connectivity index is 2.29. The van der Waals surface area contributed by atoms with Crippen molar-refractivity contribution in [3.8, 4) is 11.5 Å². The summed E-state index contributed by atoms with van der Waals surface area (Å²) < 4.78 is 10.4. The lowest BCUT2D eigenvalue weighted by Crippen LogP contribution is -2.15. The molecule has 0 bridgehead atoms. The van der Waals surface area contributed by atoms with Crippen molar-refractivity contribution in [2.45, 2.75) is 0 Å². The molecule has 0 saturated carbocycles. The van der Waals surface area contributed by atoms with Crippen LogP contribution in [0.5, 0.6) is 11.5 Å². The molecule has 7 heteroatoms. The number of para-hydroxylation sites is 1. The molecule has 6 nitrogen and oxygen atoms in total. The normalized spacial score (nSPS) is 10.0. The molecule has 2 aromatic carbocycles. The van der Waals surface area contributed by atoms with Crippen molar-refractivity contribution in [2.75, 3.05) is 19.5 Å². The van der Waals surface area contributed by atoms with Crippen LogP contribution in [0, 0.1) is 0 Å². The van der Waals surface area contributed by atoms with E-state index in [9.17, 15) is 9.59 Å². The monoisotopic (exact) mass is 334 g/mol. The van der Waals surface area contributed by atoms with Gasteiger partial charge in [-0.15, -0.1) is 0 Å². The summed E-state index contributed by atoms with van der Waals surface area (Å²) in [5, 5.41) is 2.84. The molecular weight excluding hydrogens is 320 g/mol. The molecule has 0 aliphatic rings. The Morgan fingerprint density at radius 3 is 2.39 bits per heavy atom. The van der Waals surface area contributed by atoms with Crippen LogP contribution in [0.4, 0.5) is 5.69 Å². The molecular formula is C16H15ClN2O4. The molecule has 23 heavy (non-hydrogen) atoms. The molecule has 2 rings (SSSR count). The second kappa shape index (κ2) is 7.02. The second-order valence-corrected chi connectivity index (χ2v) is 4.96. The van der Waals surface area contributed by atoms with Crippen LogP contribution >= 0.6 is 11.6 Å². The fourth-order valence-corrected chi connectivity index (χ4v) is 2.33. The van der Waals surface area contributed by atoms with Crippen molar-refractivity contribution < 1.29 is 19.1 Å². The van der Waals surface area contributed by atoms with Gasteiger partial charge in [0.05, 0.1) is 30.4 Å². The smallest absolute Gasteiger partial charge is 0.259 e. The molecule has 0 spiro atoms. The van der Waals surface area contributed by atoms with Gasteiger partial charge in [-0.25, -0.2) is 0 Å². The van der Waals surface area contributed by atoms with Gasteiger partial charge in [0.15, 0.2) is 11.5 Å². The van der Waals surface area contributed by atoms with Crippen molar-refractivity contribution in [1.82, 2.24) is 0 Å². The maximum atomic E-state index is 12.4. The molecule has 0 atom stereocenters. The number of halogens is 1. The van der Waals surface area contributed by atoms with E-state index in [1.54, 1.807) is 18.2 Å². The van der Waals surface area contributed by atoms with Gasteiger partial charge in [-0.2, -0.15) is 0 Å². The summed E-state index contributed by atoms with van der Waals surface area (Å²) in [6.07, 6.45) is 0. The molecule has 2 aromatic rings. The van der Waals surface area contributed by atoms with Crippen molar-refractivity contribution in [3.05, 3.63) is 52.5 Å². The van der Waals surface area contributed by atoms with Crippen molar-refractivity contribution in [3.63, 3.8) is 0 Å². The highest BCUT2D eigenvalue weighted by Gasteiger charge is 2.17. The molecule has 0 saturated heterocycles. The molecule has 2 amide bonds. The van der Waals surface area contributed by atoms with E-state index in [0.29, 0.717) is 22.7 Å². The van der Waals surface area contributed by atoms with E-state index in [-0.39, 0.29) is 10.6 Å². The number of nitrogens with two attached hydrogens (primary N) is 1. The number of hydrogen-bond donors (Lipinski definition) is 2. The van der Waals surface area contributed by atoms with Gasteiger partial charge in [-0.1, -0.05) is 17.7 Å². The predicted octanol–water partition coefficient (Wildman–Crippen LogP) is 2.71. The third-order valence-corrected chi connectivity index (χ3v) is 3.45. The maximum Gasteiger partial charge on any atom is 0.259 e. The number of carbonyl (C=O) groups is 2. The summed E-state index contributed by atoms with van der Waals surface area (Å²) in [4.78, 5) is 23.6. The van der Waals surface area contributed by atoms with E-state index >= 15 is 0 Å². The van der Waals surface area contributed by atoms with Gasteiger partial charge in [-0.3, -0.25) is 9.59 Å². The summed E-state index contributed by atoms with van der Waals surface area (Å²) in [7, 11) is 2.94. The highest BCUT2D eigenvalue weighted by Crippen LogP contribution is 2.31. The molecule has 0 radical (unpaired) electrons. The van der Waals surface area contributed by atoms with Crippen LogP contribution in [0.15, 0.2) is 36.4 Å². The first-order valence-electron chi connectivity index (χ1n) is 6.59. The molecule has 0 fully saturated rings. The van der Waals surface area contributed by atoms with E-state index in [1.807, 2.05) is 0 Å². The number of rotatable bonds is 5. The number of nitrogens with one attached hydrogen (secondary N) is 1. The van der Waals surface area contributed by atoms with E-state index in [2.05, 4.69) is 5.32 Å². The maximum absolute atomic E-state index is 12.4. The summed E-state index contributed by atoms with van der Waals surface area (Å²) in [5.41, 5.74) is 6.10. The number of ether oxygens (including phenoxy) is 2. The fourth-order valence-electron chi connectivity index (χ4n) is 2.06. The Labute approximate surface area is 138 Å². The van der Waals surface area contributed by atoms with Gasteiger partial charge in [0.1, 0.15) is 0 Å². The Morgan fingerprint density at radius 1 is 1.09 bits per heavy atom. The van der Waals surface area contributed by atoms with Gasteiger partial charge < -0.3 is 20.5 Å². The summed E-state index contributed by atoms with van der Waals surface area (Å²) in [6, 6.07) is 9.41. The number of carbonyl (C=O) groups excluding carboxylic acids is 2. The van der Waals surface area contributed by atoms with E-state index < -0.39 is 11.8 Å². The predicted molar refractivity (Wildman–Crippen MR) is 87.5 cm³/mol. The quantitative estimate of drug-likeness (QED) is 0.879. The first kappa shape index (κ1) is 16.6. The lowest BCUT2D eigenvalue weighted by molar-refractivity contribution is 0.0998. The highest BCUT2D eigenvalue weighted by atomic mass is 35.5. The summed E-state index contributed by atoms with van der Waals surface area (Å²) >= 11 is 5.96. The fraction of sp³-hybridized carbons (Fsp3) is 0.125. The molecule has 0 unspecified atom stereocenters. The molecule has 0 heterocycles. The average molecular weight is 335 g/mol. The number of primary amides is 1. The summed E-state index contributed by atoms with van der Waals surface area (Å²) in [6.45, 7) is 0. The zero-order valence-electron chi connectivity index (χ0n) is 12.6. The number of benzene rings is 2. The van der Waals surface area contributed by atoms with E-state index in [4.69, 9.17) is 26.8 Å². The van der Waals surface area contributed by atoms with Crippen LogP contribution in [0.25, 0.3) is 0 Å². The van der Waals surface area contributed by atoms with E-state index in [1.165, 1.54) is 32.4 Å². The average Bonchev–Trinajstić information content (AvgIpc) is 2.53. The van der Waals surface area contributed by atoms with Crippen molar-refractivity contribution >= 4 is 29.1 Å². The SMILES string of the molecule is COc1cccc(C(=O)Nc2ccc(C(N)=O)c(Cl)c2)c1OC. The number of hydrogen-bond acceptors (Lipinski definition) is 4. The highest BCUT2D eigenvalue weighted by molar-refractivity contribution is 6.34. The van der Waals surface area contributed by atoms with Crippen molar-refractivity contribution in [2.24, 2.45) is 5.73 Å². The lowest BCUT2D eigenvalue weighted by Gasteiger charge is -2.13. The minimum absolute atomic E-state index is 0.160.